The van der Waals surface area contributed by atoms with Crippen LogP contribution in [0.15, 0.2) is 28.7 Å². The van der Waals surface area contributed by atoms with Crippen LogP contribution in [0.3, 0.4) is 0 Å². The van der Waals surface area contributed by atoms with Gasteiger partial charge in [-0.05, 0) is 23.9 Å². The number of hydrogen-bond acceptors (Lipinski definition) is 4. The van der Waals surface area contributed by atoms with Crippen molar-refractivity contribution in [1.29, 1.82) is 0 Å². The van der Waals surface area contributed by atoms with Crippen LogP contribution in [0.2, 0.25) is 0 Å². The maximum absolute atomic E-state index is 12.3. The Balaban J connectivity index is 2.81. The van der Waals surface area contributed by atoms with E-state index in [1.165, 1.54) is 12.1 Å². The lowest BCUT2D eigenvalue weighted by atomic mass is 10.1. The van der Waals surface area contributed by atoms with Gasteiger partial charge in [-0.15, -0.1) is 0 Å². The molecule has 0 radical (unpaired) electrons. The molecule has 0 spiro atoms. The minimum atomic E-state index is -4.61. The Morgan fingerprint density at radius 2 is 1.85 bits per heavy atom. The molecule has 1 aromatic carbocycles. The predicted molar refractivity (Wildman–Crippen MR) is 72.5 cm³/mol. The molecule has 1 atom stereocenters. The Labute approximate surface area is 126 Å². The molecular formula is C12H10BrF3O3S. The number of carbonyl (C=O) groups excluding carboxylic acids is 2. The SMILES string of the molecule is COC(=O)C(CC(=O)c1ccc(Br)cc1)SC(F)(F)F. The van der Waals surface area contributed by atoms with Gasteiger partial charge in [0.2, 0.25) is 0 Å². The zero-order chi connectivity index (χ0) is 15.3. The second kappa shape index (κ2) is 7.12. The van der Waals surface area contributed by atoms with Gasteiger partial charge in [0.05, 0.1) is 7.11 Å². The summed E-state index contributed by atoms with van der Waals surface area (Å²) in [6.07, 6.45) is -0.571. The number of hydrogen-bond donors (Lipinski definition) is 0. The van der Waals surface area contributed by atoms with Gasteiger partial charge in [-0.3, -0.25) is 9.59 Å². The molecule has 0 aliphatic heterocycles. The van der Waals surface area contributed by atoms with Gasteiger partial charge in [0.25, 0.3) is 0 Å². The Bertz CT molecular complexity index is 488. The molecule has 110 valence electrons. The van der Waals surface area contributed by atoms with Gasteiger partial charge in [-0.2, -0.15) is 13.2 Å². The average Bonchev–Trinajstić information content (AvgIpc) is 2.36. The average molecular weight is 371 g/mol. The summed E-state index contributed by atoms with van der Waals surface area (Å²) in [5, 5.41) is -1.60. The fraction of sp³-hybridized carbons (Fsp3) is 0.333. The van der Waals surface area contributed by atoms with Crippen LogP contribution in [-0.4, -0.2) is 29.6 Å². The third-order valence-corrected chi connectivity index (χ3v) is 3.72. The van der Waals surface area contributed by atoms with Gasteiger partial charge < -0.3 is 4.74 Å². The smallest absolute Gasteiger partial charge is 0.442 e. The van der Waals surface area contributed by atoms with E-state index in [9.17, 15) is 22.8 Å². The highest BCUT2D eigenvalue weighted by Gasteiger charge is 2.38. The van der Waals surface area contributed by atoms with E-state index in [1.807, 2.05) is 0 Å². The van der Waals surface area contributed by atoms with E-state index in [4.69, 9.17) is 0 Å². The van der Waals surface area contributed by atoms with Gasteiger partial charge >= 0.3 is 11.5 Å². The minimum absolute atomic E-state index is 0.241. The molecule has 0 saturated heterocycles. The summed E-state index contributed by atoms with van der Waals surface area (Å²) < 4.78 is 42.1. The topological polar surface area (TPSA) is 43.4 Å². The monoisotopic (exact) mass is 370 g/mol. The molecule has 0 amide bonds. The van der Waals surface area contributed by atoms with E-state index >= 15 is 0 Å². The van der Waals surface area contributed by atoms with E-state index in [1.54, 1.807) is 12.1 Å². The minimum Gasteiger partial charge on any atom is -0.468 e. The summed E-state index contributed by atoms with van der Waals surface area (Å²) in [6, 6.07) is 6.13. The summed E-state index contributed by atoms with van der Waals surface area (Å²) in [5.74, 6) is -1.62. The van der Waals surface area contributed by atoms with Crippen LogP contribution in [-0.2, 0) is 9.53 Å². The highest BCUT2D eigenvalue weighted by atomic mass is 79.9. The molecule has 1 rings (SSSR count). The summed E-state index contributed by atoms with van der Waals surface area (Å²) in [7, 11) is 0.983. The molecule has 0 aromatic heterocycles. The van der Waals surface area contributed by atoms with E-state index in [0.717, 1.165) is 11.6 Å². The van der Waals surface area contributed by atoms with Crippen LogP contribution >= 0.6 is 27.7 Å². The highest BCUT2D eigenvalue weighted by Crippen LogP contribution is 2.36. The first-order chi connectivity index (χ1) is 9.23. The first-order valence-corrected chi connectivity index (χ1v) is 7.01. The van der Waals surface area contributed by atoms with Crippen molar-refractivity contribution in [2.75, 3.05) is 7.11 Å². The summed E-state index contributed by atoms with van der Waals surface area (Å²) in [4.78, 5) is 23.2. The molecule has 3 nitrogen and oxygen atoms in total. The normalized spacial score (nSPS) is 12.8. The van der Waals surface area contributed by atoms with Crippen molar-refractivity contribution in [3.05, 3.63) is 34.3 Å². The van der Waals surface area contributed by atoms with Crippen molar-refractivity contribution in [3.63, 3.8) is 0 Å². The standard InChI is InChI=1S/C12H10BrF3O3S/c1-19-11(18)10(20-12(14,15)16)6-9(17)7-2-4-8(13)5-3-7/h2-5,10H,6H2,1H3. The third-order valence-electron chi connectivity index (χ3n) is 2.28. The van der Waals surface area contributed by atoms with Crippen molar-refractivity contribution < 1.29 is 27.5 Å². The zero-order valence-electron chi connectivity index (χ0n) is 10.2. The number of thioether (sulfide) groups is 1. The molecule has 0 bridgehead atoms. The highest BCUT2D eigenvalue weighted by molar-refractivity contribution is 9.10. The van der Waals surface area contributed by atoms with E-state index in [2.05, 4.69) is 20.7 Å². The first-order valence-electron chi connectivity index (χ1n) is 5.34. The maximum Gasteiger partial charge on any atom is 0.442 e. The van der Waals surface area contributed by atoms with Gasteiger partial charge in [0.15, 0.2) is 5.78 Å². The number of ether oxygens (including phenoxy) is 1. The lowest BCUT2D eigenvalue weighted by Gasteiger charge is -2.15. The van der Waals surface area contributed by atoms with Crippen LogP contribution in [0.5, 0.6) is 0 Å². The second-order valence-electron chi connectivity index (χ2n) is 3.71. The lowest BCUT2D eigenvalue weighted by molar-refractivity contribution is -0.140. The number of Topliss-reactive ketones (excluding diaryl/α,β-unsaturated/α-hetero) is 1. The van der Waals surface area contributed by atoms with Crippen molar-refractivity contribution in [2.24, 2.45) is 0 Å². The predicted octanol–water partition coefficient (Wildman–Crippen LogP) is 3.82. The van der Waals surface area contributed by atoms with Gasteiger partial charge in [-0.1, -0.05) is 28.1 Å². The maximum atomic E-state index is 12.3. The van der Waals surface area contributed by atoms with Crippen molar-refractivity contribution in [3.8, 4) is 0 Å². The Hall–Kier alpha value is -1.02. The van der Waals surface area contributed by atoms with Crippen molar-refractivity contribution in [1.82, 2.24) is 0 Å². The molecule has 0 heterocycles. The molecular weight excluding hydrogens is 361 g/mol. The number of halogens is 4. The number of benzene rings is 1. The Morgan fingerprint density at radius 3 is 2.30 bits per heavy atom. The molecule has 0 fully saturated rings. The Morgan fingerprint density at radius 1 is 1.30 bits per heavy atom. The third kappa shape index (κ3) is 5.54. The van der Waals surface area contributed by atoms with Crippen LogP contribution in [0.1, 0.15) is 16.8 Å². The van der Waals surface area contributed by atoms with Crippen LogP contribution in [0.25, 0.3) is 0 Å². The van der Waals surface area contributed by atoms with Crippen LogP contribution in [0.4, 0.5) is 13.2 Å². The van der Waals surface area contributed by atoms with E-state index in [0.29, 0.717) is 0 Å². The summed E-state index contributed by atoms with van der Waals surface area (Å²) in [5.41, 5.74) is -4.37. The van der Waals surface area contributed by atoms with E-state index in [-0.39, 0.29) is 5.56 Å². The second-order valence-corrected chi connectivity index (χ2v) is 5.89. The number of esters is 1. The largest absolute Gasteiger partial charge is 0.468 e. The molecule has 20 heavy (non-hydrogen) atoms. The molecule has 0 aliphatic carbocycles. The first kappa shape index (κ1) is 17.0. The molecule has 0 saturated carbocycles. The van der Waals surface area contributed by atoms with E-state index < -0.39 is 40.7 Å². The van der Waals surface area contributed by atoms with Gasteiger partial charge in [0, 0.05) is 16.5 Å². The number of methoxy groups -OCH3 is 1. The molecule has 0 aliphatic rings. The lowest BCUT2D eigenvalue weighted by Crippen LogP contribution is -2.26. The van der Waals surface area contributed by atoms with Crippen molar-refractivity contribution >= 4 is 39.4 Å². The fourth-order valence-corrected chi connectivity index (χ4v) is 2.40. The summed E-state index contributed by atoms with van der Waals surface area (Å²) >= 11 is 2.64. The Kier molecular flexibility index (Phi) is 6.07. The summed E-state index contributed by atoms with van der Waals surface area (Å²) in [6.45, 7) is 0. The van der Waals surface area contributed by atoms with Crippen LogP contribution in [0, 0.1) is 0 Å². The molecule has 1 aromatic rings. The molecule has 1 unspecified atom stereocenters. The van der Waals surface area contributed by atoms with Crippen LogP contribution < -0.4 is 0 Å². The molecule has 8 heteroatoms. The van der Waals surface area contributed by atoms with Gasteiger partial charge in [-0.25, -0.2) is 0 Å². The van der Waals surface area contributed by atoms with Crippen molar-refractivity contribution in [2.45, 2.75) is 17.2 Å². The number of carbonyl (C=O) groups is 2. The number of rotatable bonds is 5. The quantitative estimate of drug-likeness (QED) is 0.583. The number of ketones is 1. The number of alkyl halides is 3. The zero-order valence-corrected chi connectivity index (χ0v) is 12.6. The fourth-order valence-electron chi connectivity index (χ4n) is 1.39. The molecule has 0 N–H and O–H groups in total. The van der Waals surface area contributed by atoms with Gasteiger partial charge in [0.1, 0.15) is 5.25 Å².